The van der Waals surface area contributed by atoms with Gasteiger partial charge in [-0.2, -0.15) is 0 Å². The van der Waals surface area contributed by atoms with Crippen LogP contribution in [0.25, 0.3) is 10.8 Å². The highest BCUT2D eigenvalue weighted by molar-refractivity contribution is 6.36. The summed E-state index contributed by atoms with van der Waals surface area (Å²) >= 11 is 12.0. The molecule has 0 saturated heterocycles. The zero-order valence-corrected chi connectivity index (χ0v) is 13.5. The third-order valence-corrected chi connectivity index (χ3v) is 5.35. The number of rotatable bonds is 2. The van der Waals surface area contributed by atoms with Crippen molar-refractivity contribution in [2.24, 2.45) is 23.7 Å². The van der Waals surface area contributed by atoms with Crippen molar-refractivity contribution >= 4 is 45.7 Å². The molecule has 4 atom stereocenters. The highest BCUT2D eigenvalue weighted by atomic mass is 35.5. The molecule has 114 valence electrons. The molecule has 22 heavy (non-hydrogen) atoms. The Kier molecular flexibility index (Phi) is 3.27. The highest BCUT2D eigenvalue weighted by Crippen LogP contribution is 2.59. The minimum absolute atomic E-state index is 0.0833. The van der Waals surface area contributed by atoms with E-state index < -0.39 is 0 Å². The van der Waals surface area contributed by atoms with Crippen LogP contribution in [0.4, 0.5) is 5.82 Å². The molecule has 0 spiro atoms. The molecular weight excluding hydrogens is 321 g/mol. The maximum atomic E-state index is 12.3. The molecule has 6 heteroatoms. The van der Waals surface area contributed by atoms with Crippen LogP contribution in [0.2, 0.25) is 10.3 Å². The van der Waals surface area contributed by atoms with E-state index in [1.807, 2.05) is 0 Å². The molecule has 4 rings (SSSR count). The number of aromatic nitrogens is 2. The normalized spacial score (nSPS) is 29.4. The molecule has 1 N–H and O–H groups in total. The van der Waals surface area contributed by atoms with Gasteiger partial charge in [-0.15, -0.1) is 0 Å². The van der Waals surface area contributed by atoms with Crippen LogP contribution in [-0.2, 0) is 4.79 Å². The second-order valence-corrected chi connectivity index (χ2v) is 7.19. The first kappa shape index (κ1) is 14.2. The summed E-state index contributed by atoms with van der Waals surface area (Å²) in [5.74, 6) is 2.69. The fourth-order valence-corrected chi connectivity index (χ4v) is 4.35. The Hall–Kier alpha value is -1.39. The van der Waals surface area contributed by atoms with E-state index in [1.165, 1.54) is 12.8 Å². The number of anilines is 1. The number of hydrogen-bond donors (Lipinski definition) is 1. The number of nitrogens with one attached hydrogen (secondary N) is 1. The standard InChI is InChI=1S/C16H15Cl2N3O/c1-7-2-9-10(3-7)14(9)16(22)21-13-5-8-4-12(17)20-15(18)11(8)6-19-13/h4-7,9-10,14H,2-3H2,1H3,(H,19,21,22)/t7?,9-,10+,14?. The van der Waals surface area contributed by atoms with E-state index in [1.54, 1.807) is 18.3 Å². The summed E-state index contributed by atoms with van der Waals surface area (Å²) in [6, 6.07) is 3.50. The van der Waals surface area contributed by atoms with Gasteiger partial charge in [0.15, 0.2) is 0 Å². The van der Waals surface area contributed by atoms with E-state index in [0.29, 0.717) is 28.0 Å². The lowest BCUT2D eigenvalue weighted by atomic mass is 10.0. The zero-order chi connectivity index (χ0) is 15.4. The van der Waals surface area contributed by atoms with E-state index in [4.69, 9.17) is 23.2 Å². The van der Waals surface area contributed by atoms with Crippen LogP contribution in [0.3, 0.4) is 0 Å². The molecule has 2 saturated carbocycles. The van der Waals surface area contributed by atoms with Gasteiger partial charge in [0.05, 0.1) is 0 Å². The van der Waals surface area contributed by atoms with Gasteiger partial charge < -0.3 is 5.32 Å². The van der Waals surface area contributed by atoms with Gasteiger partial charge in [0.25, 0.3) is 0 Å². The smallest absolute Gasteiger partial charge is 0.229 e. The van der Waals surface area contributed by atoms with Crippen molar-refractivity contribution in [3.05, 3.63) is 28.6 Å². The van der Waals surface area contributed by atoms with Gasteiger partial charge >= 0.3 is 0 Å². The van der Waals surface area contributed by atoms with E-state index in [9.17, 15) is 4.79 Å². The molecule has 2 fully saturated rings. The number of carbonyl (C=O) groups excluding carboxylic acids is 1. The molecule has 2 aliphatic rings. The second kappa shape index (κ2) is 5.07. The number of halogens is 2. The van der Waals surface area contributed by atoms with E-state index in [2.05, 4.69) is 22.2 Å². The monoisotopic (exact) mass is 335 g/mol. The maximum Gasteiger partial charge on any atom is 0.229 e. The third kappa shape index (κ3) is 2.34. The van der Waals surface area contributed by atoms with Crippen molar-refractivity contribution in [1.82, 2.24) is 9.97 Å². The first-order chi connectivity index (χ1) is 10.5. The van der Waals surface area contributed by atoms with Gasteiger partial charge in [0.2, 0.25) is 5.91 Å². The number of fused-ring (bicyclic) bond motifs is 2. The second-order valence-electron chi connectivity index (χ2n) is 6.45. The summed E-state index contributed by atoms with van der Waals surface area (Å²) in [6.07, 6.45) is 3.96. The molecule has 0 aliphatic heterocycles. The SMILES string of the molecule is CC1C[C@@H]2C(C(=O)Nc3cc4cc(Cl)nc(Cl)c4cn3)[C@@H]2C1. The summed E-state index contributed by atoms with van der Waals surface area (Å²) in [4.78, 5) is 20.6. The lowest BCUT2D eigenvalue weighted by Gasteiger charge is -2.10. The van der Waals surface area contributed by atoms with Gasteiger partial charge in [-0.1, -0.05) is 30.1 Å². The largest absolute Gasteiger partial charge is 0.310 e. The van der Waals surface area contributed by atoms with Crippen molar-refractivity contribution in [2.75, 3.05) is 5.32 Å². The Labute approximate surface area is 138 Å². The van der Waals surface area contributed by atoms with Gasteiger partial charge in [-0.3, -0.25) is 4.79 Å². The average molecular weight is 336 g/mol. The molecule has 1 amide bonds. The van der Waals surface area contributed by atoms with Crippen molar-refractivity contribution in [3.63, 3.8) is 0 Å². The molecule has 2 aromatic rings. The van der Waals surface area contributed by atoms with E-state index in [0.717, 1.165) is 16.7 Å². The summed E-state index contributed by atoms with van der Waals surface area (Å²) in [7, 11) is 0. The Balaban J connectivity index is 1.54. The number of carbonyl (C=O) groups is 1. The van der Waals surface area contributed by atoms with Crippen LogP contribution in [0.5, 0.6) is 0 Å². The van der Waals surface area contributed by atoms with Crippen LogP contribution in [0.15, 0.2) is 18.3 Å². The van der Waals surface area contributed by atoms with Crippen molar-refractivity contribution in [2.45, 2.75) is 19.8 Å². The van der Waals surface area contributed by atoms with Gasteiger partial charge in [-0.25, -0.2) is 9.97 Å². The molecule has 0 radical (unpaired) electrons. The average Bonchev–Trinajstić information content (AvgIpc) is 2.96. The summed E-state index contributed by atoms with van der Waals surface area (Å²) < 4.78 is 0. The minimum atomic E-state index is 0.0833. The molecule has 2 aliphatic carbocycles. The van der Waals surface area contributed by atoms with Gasteiger partial charge in [0.1, 0.15) is 16.1 Å². The van der Waals surface area contributed by atoms with Crippen LogP contribution in [0.1, 0.15) is 19.8 Å². The lowest BCUT2D eigenvalue weighted by molar-refractivity contribution is -0.118. The molecule has 0 bridgehead atoms. The highest BCUT2D eigenvalue weighted by Gasteiger charge is 2.58. The Morgan fingerprint density at radius 1 is 1.27 bits per heavy atom. The third-order valence-electron chi connectivity index (χ3n) is 4.87. The minimum Gasteiger partial charge on any atom is -0.310 e. The van der Waals surface area contributed by atoms with E-state index in [-0.39, 0.29) is 11.8 Å². The predicted octanol–water partition coefficient (Wildman–Crippen LogP) is 4.17. The number of hydrogen-bond acceptors (Lipinski definition) is 3. The van der Waals surface area contributed by atoms with Crippen LogP contribution >= 0.6 is 23.2 Å². The molecule has 2 heterocycles. The van der Waals surface area contributed by atoms with Crippen LogP contribution < -0.4 is 5.32 Å². The van der Waals surface area contributed by atoms with Crippen molar-refractivity contribution < 1.29 is 4.79 Å². The quantitative estimate of drug-likeness (QED) is 0.838. The first-order valence-corrected chi connectivity index (χ1v) is 8.21. The summed E-state index contributed by atoms with van der Waals surface area (Å²) in [5, 5.41) is 5.11. The molecule has 2 aromatic heterocycles. The predicted molar refractivity (Wildman–Crippen MR) is 87.1 cm³/mol. The molecule has 4 nitrogen and oxygen atoms in total. The van der Waals surface area contributed by atoms with Crippen molar-refractivity contribution in [3.8, 4) is 0 Å². The number of amides is 1. The van der Waals surface area contributed by atoms with Crippen molar-refractivity contribution in [1.29, 1.82) is 0 Å². The summed E-state index contributed by atoms with van der Waals surface area (Å²) in [5.41, 5.74) is 0. The fraction of sp³-hybridized carbons (Fsp3) is 0.438. The number of nitrogens with zero attached hydrogens (tertiary/aromatic N) is 2. The van der Waals surface area contributed by atoms with Gasteiger partial charge in [0, 0.05) is 17.5 Å². The lowest BCUT2D eigenvalue weighted by Crippen LogP contribution is -2.18. The molecule has 0 aromatic carbocycles. The Morgan fingerprint density at radius 3 is 2.73 bits per heavy atom. The topological polar surface area (TPSA) is 54.9 Å². The molecule has 2 unspecified atom stereocenters. The van der Waals surface area contributed by atoms with E-state index >= 15 is 0 Å². The summed E-state index contributed by atoms with van der Waals surface area (Å²) in [6.45, 7) is 2.26. The first-order valence-electron chi connectivity index (χ1n) is 7.45. The Bertz CT molecular complexity index is 767. The van der Waals surface area contributed by atoms with Crippen LogP contribution in [-0.4, -0.2) is 15.9 Å². The Morgan fingerprint density at radius 2 is 2.00 bits per heavy atom. The number of pyridine rings is 2. The maximum absolute atomic E-state index is 12.3. The van der Waals surface area contributed by atoms with Crippen LogP contribution in [0, 0.1) is 23.7 Å². The zero-order valence-electron chi connectivity index (χ0n) is 12.0. The van der Waals surface area contributed by atoms with Gasteiger partial charge in [-0.05, 0) is 48.1 Å². The molecular formula is C16H15Cl2N3O. The fourth-order valence-electron chi connectivity index (χ4n) is 3.86.